The Hall–Kier alpha value is -1.00. The van der Waals surface area contributed by atoms with E-state index in [0.717, 1.165) is 25.7 Å². The minimum Gasteiger partial charge on any atom is -0.376 e. The normalized spacial score (nSPS) is 20.1. The fourth-order valence-electron chi connectivity index (χ4n) is 2.80. The van der Waals surface area contributed by atoms with Gasteiger partial charge in [0.1, 0.15) is 0 Å². The minimum atomic E-state index is -0.842. The lowest BCUT2D eigenvalue weighted by Gasteiger charge is -2.34. The van der Waals surface area contributed by atoms with Crippen molar-refractivity contribution in [2.45, 2.75) is 44.2 Å². The van der Waals surface area contributed by atoms with Crippen LogP contribution < -0.4 is 5.73 Å². The van der Waals surface area contributed by atoms with Gasteiger partial charge in [-0.15, -0.1) is 0 Å². The van der Waals surface area contributed by atoms with Gasteiger partial charge < -0.3 is 10.5 Å². The highest BCUT2D eigenvalue weighted by molar-refractivity contribution is 5.30. The molecule has 4 heteroatoms. The van der Waals surface area contributed by atoms with Gasteiger partial charge in [0.25, 0.3) is 0 Å². The molecule has 1 aliphatic rings. The lowest BCUT2D eigenvalue weighted by Crippen LogP contribution is -2.41. The summed E-state index contributed by atoms with van der Waals surface area (Å²) in [6, 6.07) is 2.50. The maximum Gasteiger partial charge on any atom is 0.163 e. The van der Waals surface area contributed by atoms with Crippen LogP contribution in [0.4, 0.5) is 8.78 Å². The molecule has 100 valence electrons. The van der Waals surface area contributed by atoms with Crippen molar-refractivity contribution in [3.05, 3.63) is 34.9 Å². The van der Waals surface area contributed by atoms with Gasteiger partial charge in [-0.05, 0) is 25.3 Å². The summed E-state index contributed by atoms with van der Waals surface area (Å²) in [6.45, 7) is 1.54. The zero-order chi connectivity index (χ0) is 13.3. The molecule has 0 saturated heterocycles. The van der Waals surface area contributed by atoms with Gasteiger partial charge in [0.15, 0.2) is 11.6 Å². The van der Waals surface area contributed by atoms with Crippen molar-refractivity contribution in [2.75, 3.05) is 7.11 Å². The van der Waals surface area contributed by atoms with Gasteiger partial charge in [-0.1, -0.05) is 25.0 Å². The van der Waals surface area contributed by atoms with Crippen LogP contribution in [-0.2, 0) is 4.74 Å². The molecule has 0 amide bonds. The number of ether oxygens (including phenoxy) is 1. The van der Waals surface area contributed by atoms with Crippen LogP contribution in [0.25, 0.3) is 0 Å². The molecule has 2 nitrogen and oxygen atoms in total. The number of hydrogen-bond donors (Lipinski definition) is 1. The van der Waals surface area contributed by atoms with Crippen molar-refractivity contribution >= 4 is 0 Å². The van der Waals surface area contributed by atoms with Gasteiger partial charge in [-0.3, -0.25) is 0 Å². The van der Waals surface area contributed by atoms with Crippen LogP contribution in [-0.4, -0.2) is 12.7 Å². The zero-order valence-corrected chi connectivity index (χ0v) is 10.8. The Morgan fingerprint density at radius 1 is 1.22 bits per heavy atom. The molecular weight excluding hydrogens is 236 g/mol. The molecule has 0 spiro atoms. The second-order valence-corrected chi connectivity index (χ2v) is 5.05. The van der Waals surface area contributed by atoms with Crippen LogP contribution in [0.15, 0.2) is 12.1 Å². The van der Waals surface area contributed by atoms with Crippen molar-refractivity contribution in [3.63, 3.8) is 0 Å². The number of rotatable bonds is 3. The van der Waals surface area contributed by atoms with E-state index in [1.165, 1.54) is 6.92 Å². The van der Waals surface area contributed by atoms with E-state index in [0.29, 0.717) is 5.56 Å². The van der Waals surface area contributed by atoms with Crippen molar-refractivity contribution in [3.8, 4) is 0 Å². The average Bonchev–Trinajstić information content (AvgIpc) is 2.85. The third kappa shape index (κ3) is 2.04. The molecule has 1 aromatic rings. The molecule has 18 heavy (non-hydrogen) atoms. The number of methoxy groups -OCH3 is 1. The highest BCUT2D eigenvalue weighted by Gasteiger charge is 2.41. The van der Waals surface area contributed by atoms with E-state index in [-0.39, 0.29) is 5.56 Å². The predicted molar refractivity (Wildman–Crippen MR) is 66.2 cm³/mol. The molecule has 1 unspecified atom stereocenters. The third-order valence-corrected chi connectivity index (χ3v) is 4.06. The standard InChI is InChI=1S/C14H19F2NO/c1-9-5-6-10(12(16)11(9)15)13(17)14(18-2)7-3-4-8-14/h5-6,13H,3-4,7-8,17H2,1-2H3. The van der Waals surface area contributed by atoms with Crippen LogP contribution in [0, 0.1) is 18.6 Å². The van der Waals surface area contributed by atoms with E-state index in [9.17, 15) is 8.78 Å². The fourth-order valence-corrected chi connectivity index (χ4v) is 2.80. The maximum absolute atomic E-state index is 14.0. The van der Waals surface area contributed by atoms with Gasteiger partial charge in [-0.2, -0.15) is 0 Å². The van der Waals surface area contributed by atoms with Crippen LogP contribution in [0.5, 0.6) is 0 Å². The van der Waals surface area contributed by atoms with Crippen molar-refractivity contribution < 1.29 is 13.5 Å². The van der Waals surface area contributed by atoms with Crippen molar-refractivity contribution in [2.24, 2.45) is 5.73 Å². The third-order valence-electron chi connectivity index (χ3n) is 4.06. The molecule has 0 bridgehead atoms. The number of nitrogens with two attached hydrogens (primary N) is 1. The van der Waals surface area contributed by atoms with Gasteiger partial charge in [0, 0.05) is 12.7 Å². The summed E-state index contributed by atoms with van der Waals surface area (Å²) in [6.07, 6.45) is 3.61. The first-order valence-electron chi connectivity index (χ1n) is 6.27. The molecule has 1 atom stereocenters. The molecule has 2 N–H and O–H groups in total. The quantitative estimate of drug-likeness (QED) is 0.900. The smallest absolute Gasteiger partial charge is 0.163 e. The summed E-state index contributed by atoms with van der Waals surface area (Å²) < 4.78 is 33.1. The Balaban J connectivity index is 2.39. The summed E-state index contributed by atoms with van der Waals surface area (Å²) in [5.41, 5.74) is 6.08. The molecule has 1 aromatic carbocycles. The molecule has 2 rings (SSSR count). The number of halogens is 2. The first-order valence-corrected chi connectivity index (χ1v) is 6.27. The molecule has 1 saturated carbocycles. The zero-order valence-electron chi connectivity index (χ0n) is 10.8. The van der Waals surface area contributed by atoms with Gasteiger partial charge in [0.05, 0.1) is 11.6 Å². The Labute approximate surface area is 106 Å². The van der Waals surface area contributed by atoms with E-state index in [1.54, 1.807) is 19.2 Å². The fraction of sp³-hybridized carbons (Fsp3) is 0.571. The van der Waals surface area contributed by atoms with Crippen LogP contribution in [0.3, 0.4) is 0 Å². The Morgan fingerprint density at radius 2 is 1.83 bits per heavy atom. The van der Waals surface area contributed by atoms with Crippen LogP contribution >= 0.6 is 0 Å². The Morgan fingerprint density at radius 3 is 2.39 bits per heavy atom. The summed E-state index contributed by atoms with van der Waals surface area (Å²) >= 11 is 0. The van der Waals surface area contributed by atoms with Crippen LogP contribution in [0.1, 0.15) is 42.9 Å². The first-order chi connectivity index (χ1) is 8.52. The monoisotopic (exact) mass is 255 g/mol. The van der Waals surface area contributed by atoms with Crippen molar-refractivity contribution in [1.82, 2.24) is 0 Å². The highest BCUT2D eigenvalue weighted by Crippen LogP contribution is 2.42. The average molecular weight is 255 g/mol. The topological polar surface area (TPSA) is 35.2 Å². The summed E-state index contributed by atoms with van der Waals surface area (Å²) in [5.74, 6) is -1.65. The summed E-state index contributed by atoms with van der Waals surface area (Å²) in [7, 11) is 1.59. The maximum atomic E-state index is 14.0. The predicted octanol–water partition coefficient (Wildman–Crippen LogP) is 3.23. The largest absolute Gasteiger partial charge is 0.376 e. The first kappa shape index (κ1) is 13.4. The number of aryl methyl sites for hydroxylation is 1. The SMILES string of the molecule is COC1(C(N)c2ccc(C)c(F)c2F)CCCC1. The van der Waals surface area contributed by atoms with Crippen LogP contribution in [0.2, 0.25) is 0 Å². The van der Waals surface area contributed by atoms with E-state index < -0.39 is 23.3 Å². The minimum absolute atomic E-state index is 0.210. The molecular formula is C14H19F2NO. The Bertz CT molecular complexity index is 442. The number of hydrogen-bond acceptors (Lipinski definition) is 2. The summed E-state index contributed by atoms with van der Waals surface area (Å²) in [4.78, 5) is 0. The second-order valence-electron chi connectivity index (χ2n) is 5.05. The Kier molecular flexibility index (Phi) is 3.69. The van der Waals surface area contributed by atoms with E-state index in [4.69, 9.17) is 10.5 Å². The van der Waals surface area contributed by atoms with E-state index >= 15 is 0 Å². The van der Waals surface area contributed by atoms with E-state index in [1.807, 2.05) is 0 Å². The van der Waals surface area contributed by atoms with Gasteiger partial charge in [0.2, 0.25) is 0 Å². The van der Waals surface area contributed by atoms with Gasteiger partial charge in [-0.25, -0.2) is 8.78 Å². The highest BCUT2D eigenvalue weighted by atomic mass is 19.2. The second kappa shape index (κ2) is 4.94. The molecule has 0 aromatic heterocycles. The van der Waals surface area contributed by atoms with Gasteiger partial charge >= 0.3 is 0 Å². The van der Waals surface area contributed by atoms with Crippen molar-refractivity contribution in [1.29, 1.82) is 0 Å². The lowest BCUT2D eigenvalue weighted by molar-refractivity contribution is -0.0273. The summed E-state index contributed by atoms with van der Waals surface area (Å²) in [5, 5.41) is 0. The molecule has 0 radical (unpaired) electrons. The molecule has 1 aliphatic carbocycles. The molecule has 0 heterocycles. The molecule has 0 aliphatic heterocycles. The van der Waals surface area contributed by atoms with E-state index in [2.05, 4.69) is 0 Å². The number of benzene rings is 1. The lowest BCUT2D eigenvalue weighted by atomic mass is 9.86. The molecule has 1 fully saturated rings.